The molecule has 44 heteroatoms. The summed E-state index contributed by atoms with van der Waals surface area (Å²) < 4.78 is 28.8. The molecule has 1 aromatic carbocycles. The van der Waals surface area contributed by atoms with E-state index in [0.29, 0.717) is 41.4 Å². The quantitative estimate of drug-likeness (QED) is 0.0111. The van der Waals surface area contributed by atoms with Crippen molar-refractivity contribution in [3.8, 4) is 0 Å². The molecule has 4 aromatic rings. The van der Waals surface area contributed by atoms with Crippen LogP contribution < -0.4 is 76.9 Å². The number of aliphatic hydroxyl groups is 8. The summed E-state index contributed by atoms with van der Waals surface area (Å²) in [7, 11) is 0. The molecule has 0 saturated carbocycles. The van der Waals surface area contributed by atoms with Crippen LogP contribution in [0.5, 0.6) is 0 Å². The van der Waals surface area contributed by atoms with Crippen LogP contribution in [-0.2, 0) is 54.1 Å². The first-order valence-corrected chi connectivity index (χ1v) is 37.8. The minimum Gasteiger partial charge on any atom is -0.441 e. The number of primary amides is 3. The number of nitrogens with one attached hydrogen (secondary N) is 9. The first-order valence-electron chi connectivity index (χ1n) is 35.9. The van der Waals surface area contributed by atoms with E-state index in [1.807, 2.05) is 18.2 Å². The van der Waals surface area contributed by atoms with Gasteiger partial charge in [-0.2, -0.15) is 0 Å². The fourth-order valence-corrected chi connectivity index (χ4v) is 13.7. The summed E-state index contributed by atoms with van der Waals surface area (Å²) in [6.07, 6.45) is -20.8. The van der Waals surface area contributed by atoms with E-state index in [9.17, 15) is 74.4 Å². The Morgan fingerprint density at radius 2 is 1.43 bits per heavy atom. The Balaban J connectivity index is 0.987. The number of aliphatic imine (C=N–C) groups is 2. The summed E-state index contributed by atoms with van der Waals surface area (Å²) in [5.41, 5.74) is 34.9. The van der Waals surface area contributed by atoms with Gasteiger partial charge in [-0.1, -0.05) is 37.3 Å². The normalized spacial score (nSPS) is 23.7. The summed E-state index contributed by atoms with van der Waals surface area (Å²) in [6.45, 7) is 6.13. The number of aromatic amines is 1. The number of imidazole rings is 1. The number of rotatable bonds is 44. The molecule has 614 valence electrons. The van der Waals surface area contributed by atoms with Crippen LogP contribution in [0.3, 0.4) is 0 Å². The van der Waals surface area contributed by atoms with Gasteiger partial charge in [0.15, 0.2) is 24.6 Å². The maximum atomic E-state index is 15.3. The Morgan fingerprint density at radius 3 is 2.10 bits per heavy atom. The fourth-order valence-electron chi connectivity index (χ4n) is 11.7. The smallest absolute Gasteiger partial charge is 0.404 e. The number of aromatic nitrogens is 5. The van der Waals surface area contributed by atoms with Gasteiger partial charge in [-0.25, -0.2) is 24.7 Å². The third-order valence-electron chi connectivity index (χ3n) is 18.2. The largest absolute Gasteiger partial charge is 0.441 e. The van der Waals surface area contributed by atoms with Crippen molar-refractivity contribution < 1.29 is 103 Å². The Hall–Kier alpha value is -8.81. The number of carbonyl (C=O) groups excluding carboxylic acids is 8. The lowest BCUT2D eigenvalue weighted by atomic mass is 9.96. The zero-order chi connectivity index (χ0) is 81.2. The van der Waals surface area contributed by atoms with Crippen LogP contribution in [0.2, 0.25) is 0 Å². The summed E-state index contributed by atoms with van der Waals surface area (Å²) in [4.78, 5) is 136. The minimum atomic E-state index is -2.20. The van der Waals surface area contributed by atoms with Gasteiger partial charge in [-0.3, -0.25) is 43.5 Å². The standard InChI is InChI=1S/C67H103N21O21S2/c1-30-44(85-57(88-55(30)70)36(22-42(69)92)80-23-35(68)56(71)98)61(102)87-46(52(37-24-75-29-81-37)107-65-54(50(96)48(94)40(25-89)106-65)108-64-51(97)53(109-67(73)104)49(95)41(26-90)105-64)62(103)82-32(3)47(93)31(2)58(99)86-45(33(4)91)60(101)77-21-15-43-83-39(28-110-43)63-84-38(27-111-63)59(100)76-18-10-8-16-74-17-9-11-19-78-66(72)79-20-14-34-12-6-5-7-13-34/h5-7,12-13,24,27,29,31-33,35-36,39-41,45-54,64-65,74,80,89-91,93-97H,8-11,14-23,25-26,28,68H2,1-4H3,(H2,69,92)(H2,71,98)(H2,73,104)(H,75,81)(H,76,100)(H,77,101)(H,82,103)(H,86,99)(H,87,102)(H2,70,85,88)(H3,72,78,79)/t31-,32+,33+,35-,36-,39?,40-,41+,45-,46-,47-,48+,49+,50-,51-,52-,53-,54-,64+,65-/m0/s1. The number of nitrogen functional groups attached to an aromatic ring is 1. The average molecular weight is 1600 g/mol. The number of anilines is 1. The molecule has 3 aromatic heterocycles. The van der Waals surface area contributed by atoms with Gasteiger partial charge in [0, 0.05) is 62.3 Å². The molecular formula is C67H103N21O21S2. The third kappa shape index (κ3) is 26.1. The maximum Gasteiger partial charge on any atom is 0.404 e. The zero-order valence-electron chi connectivity index (χ0n) is 61.5. The van der Waals surface area contributed by atoms with Crippen molar-refractivity contribution in [2.45, 2.75) is 189 Å². The molecule has 3 aliphatic rings. The molecule has 1 unspecified atom stereocenters. The second-order valence-corrected chi connectivity index (χ2v) is 28.6. The third-order valence-corrected chi connectivity index (χ3v) is 20.3. The number of hydrogen-bond donors (Lipinski definition) is 23. The Labute approximate surface area is 645 Å². The number of unbranched alkanes of at least 4 members (excludes halogenated alkanes) is 2. The average Bonchev–Trinajstić information content (AvgIpc) is 1.11. The van der Waals surface area contributed by atoms with E-state index < -0.39 is 183 Å². The van der Waals surface area contributed by atoms with Crippen LogP contribution in [0.15, 0.2) is 58.2 Å². The second-order valence-electron chi connectivity index (χ2n) is 26.6. The molecule has 0 aliphatic carbocycles. The molecule has 3 aliphatic heterocycles. The Bertz CT molecular complexity index is 3760. The first kappa shape index (κ1) is 89.4. The van der Waals surface area contributed by atoms with Crippen molar-refractivity contribution in [3.05, 3.63) is 87.3 Å². The molecule has 2 fully saturated rings. The number of thioether (sulfide) groups is 1. The van der Waals surface area contributed by atoms with Gasteiger partial charge >= 0.3 is 6.09 Å². The van der Waals surface area contributed by atoms with E-state index in [-0.39, 0.29) is 60.1 Å². The van der Waals surface area contributed by atoms with E-state index in [2.05, 4.69) is 84.6 Å². The van der Waals surface area contributed by atoms with Gasteiger partial charge in [0.05, 0.1) is 72.7 Å². The highest BCUT2D eigenvalue weighted by Crippen LogP contribution is 2.36. The first-order chi connectivity index (χ1) is 52.9. The van der Waals surface area contributed by atoms with Crippen molar-refractivity contribution in [2.75, 3.05) is 70.5 Å². The SMILES string of the molecule is Cc1c(N)nc([C@H](CC(N)=O)NC[C@H](N)C(N)=O)nc1C(=O)N[C@H](C(=O)N[C@H](C)[C@@H](O)[C@H](C)C(=O)N[C@H](C(=O)NCCC1=NC(c2nc(C(=O)NCCCCNCCCCN=C(N)NCCc3ccccc3)cs2)CS1)[C@@H](C)O)[C@@H](O[C@@H]1O[C@@H](CO)[C@@H](O)[C@H](O)[C@@H]1O[C@H]1O[C@H](CO)[C@@H](O)[C@H](OC(N)=O)[C@@H]1O)c1cnc[nH]1. The molecule has 8 amide bonds. The van der Waals surface area contributed by atoms with Crippen molar-refractivity contribution in [1.82, 2.24) is 67.5 Å². The topological polar surface area (TPSA) is 689 Å². The Kier molecular flexibility index (Phi) is 35.3. The number of hydrogen-bond acceptors (Lipinski definition) is 33. The lowest BCUT2D eigenvalue weighted by molar-refractivity contribution is -0.372. The van der Waals surface area contributed by atoms with Crippen molar-refractivity contribution in [2.24, 2.45) is 44.6 Å². The van der Waals surface area contributed by atoms with Gasteiger partial charge in [0.25, 0.3) is 11.8 Å². The fraction of sp³-hybridized carbons (Fsp3) is 0.612. The van der Waals surface area contributed by atoms with E-state index >= 15 is 4.79 Å². The number of H-pyrrole nitrogens is 1. The van der Waals surface area contributed by atoms with Gasteiger partial charge in [0.2, 0.25) is 29.5 Å². The van der Waals surface area contributed by atoms with E-state index in [1.165, 1.54) is 56.4 Å². The van der Waals surface area contributed by atoms with Gasteiger partial charge in [-0.05, 0) is 71.5 Å². The molecule has 0 bridgehead atoms. The second kappa shape index (κ2) is 43.9. The van der Waals surface area contributed by atoms with Crippen LogP contribution in [0.1, 0.15) is 126 Å². The van der Waals surface area contributed by atoms with E-state index in [0.717, 1.165) is 57.7 Å². The lowest BCUT2D eigenvalue weighted by Gasteiger charge is -2.47. The summed E-state index contributed by atoms with van der Waals surface area (Å²) in [5.74, 6) is -7.73. The van der Waals surface area contributed by atoms with Crippen molar-refractivity contribution in [3.63, 3.8) is 0 Å². The van der Waals surface area contributed by atoms with Crippen molar-refractivity contribution >= 4 is 87.4 Å². The number of amides is 8. The predicted molar refractivity (Wildman–Crippen MR) is 398 cm³/mol. The molecule has 6 heterocycles. The van der Waals surface area contributed by atoms with Crippen LogP contribution in [-0.4, -0.2) is 287 Å². The Morgan fingerprint density at radius 1 is 0.748 bits per heavy atom. The summed E-state index contributed by atoms with van der Waals surface area (Å²) in [5, 5.41) is 114. The van der Waals surface area contributed by atoms with E-state index in [1.54, 1.807) is 5.38 Å². The molecule has 29 N–H and O–H groups in total. The van der Waals surface area contributed by atoms with Crippen molar-refractivity contribution in [1.29, 1.82) is 0 Å². The van der Waals surface area contributed by atoms with Crippen LogP contribution in [0.4, 0.5) is 10.6 Å². The predicted octanol–water partition coefficient (Wildman–Crippen LogP) is -6.76. The number of guanidine groups is 1. The zero-order valence-corrected chi connectivity index (χ0v) is 63.2. The summed E-state index contributed by atoms with van der Waals surface area (Å²) >= 11 is 2.73. The van der Waals surface area contributed by atoms with Crippen LogP contribution in [0.25, 0.3) is 0 Å². The molecule has 111 heavy (non-hydrogen) atoms. The number of ether oxygens (including phenoxy) is 5. The number of benzene rings is 1. The van der Waals surface area contributed by atoms with Crippen LogP contribution >= 0.6 is 23.1 Å². The van der Waals surface area contributed by atoms with Gasteiger partial charge < -0.3 is 146 Å². The molecule has 0 radical (unpaired) electrons. The molecule has 7 rings (SSSR count). The maximum absolute atomic E-state index is 15.3. The number of nitrogens with two attached hydrogens (primary N) is 6. The highest BCUT2D eigenvalue weighted by Gasteiger charge is 2.54. The number of aliphatic hydroxyl groups excluding tert-OH is 8. The minimum absolute atomic E-state index is 0.0118. The monoisotopic (exact) mass is 1600 g/mol. The molecule has 0 spiro atoms. The van der Waals surface area contributed by atoms with Gasteiger partial charge in [0.1, 0.15) is 95.0 Å². The number of carbonyl (C=O) groups is 8. The summed E-state index contributed by atoms with van der Waals surface area (Å²) in [6, 6.07) is 1.91. The molecular weight excluding hydrogens is 1500 g/mol. The van der Waals surface area contributed by atoms with Crippen LogP contribution in [0, 0.1) is 12.8 Å². The number of thiazole rings is 1. The molecule has 42 nitrogen and oxygen atoms in total. The number of nitrogens with zero attached hydrogens (tertiary/aromatic N) is 6. The molecule has 20 atom stereocenters. The highest BCUT2D eigenvalue weighted by atomic mass is 32.2. The van der Waals surface area contributed by atoms with E-state index in [4.69, 9.17) is 63.1 Å². The highest BCUT2D eigenvalue weighted by molar-refractivity contribution is 8.14. The lowest BCUT2D eigenvalue weighted by Crippen LogP contribution is -2.65. The van der Waals surface area contributed by atoms with Gasteiger partial charge in [-0.15, -0.1) is 23.1 Å². The molecule has 2 saturated heterocycles.